The Hall–Kier alpha value is -4.82. The van der Waals surface area contributed by atoms with Gasteiger partial charge in [0.2, 0.25) is 0 Å². The minimum Gasteiger partial charge on any atom is -0.334 e. The standard InChI is InChI=1S/C46H48N2/c1-32-19-21-38(22-20-32)48(40-18-12-14-36(31-40)46(5,6)7)42-24-26-44-34(29-42)27-33-28-41(23-25-43(33)44)47(37-15-9-8-10-16-37)39-17-11-13-35(30-39)45(2,3)4/h8-15,17-26,28-31,37H,16,27H2,1-7H3. The van der Waals surface area contributed by atoms with Gasteiger partial charge in [-0.15, -0.1) is 0 Å². The zero-order valence-corrected chi connectivity index (χ0v) is 29.6. The molecule has 0 saturated carbocycles. The third kappa shape index (κ3) is 6.24. The number of anilines is 5. The normalized spacial score (nSPS) is 15.3. The molecule has 242 valence electrons. The average molecular weight is 629 g/mol. The molecule has 0 bridgehead atoms. The minimum atomic E-state index is 0.0674. The quantitative estimate of drug-likeness (QED) is 0.181. The maximum absolute atomic E-state index is 2.53. The number of aryl methyl sites for hydroxylation is 1. The van der Waals surface area contributed by atoms with Crippen molar-refractivity contribution in [2.75, 3.05) is 9.80 Å². The van der Waals surface area contributed by atoms with Crippen LogP contribution in [0.4, 0.5) is 28.4 Å². The summed E-state index contributed by atoms with van der Waals surface area (Å²) in [4.78, 5) is 4.95. The molecule has 7 rings (SSSR count). The zero-order valence-electron chi connectivity index (χ0n) is 29.6. The molecule has 0 heterocycles. The summed E-state index contributed by atoms with van der Waals surface area (Å²) in [6.07, 6.45) is 10.9. The van der Waals surface area contributed by atoms with E-state index in [9.17, 15) is 0 Å². The molecule has 0 fully saturated rings. The molecule has 0 N–H and O–H groups in total. The number of fused-ring (bicyclic) bond motifs is 3. The maximum atomic E-state index is 2.53. The van der Waals surface area contributed by atoms with Crippen LogP contribution >= 0.6 is 0 Å². The Morgan fingerprint density at radius 1 is 0.542 bits per heavy atom. The number of rotatable bonds is 6. The lowest BCUT2D eigenvalue weighted by molar-refractivity contribution is 0.590. The van der Waals surface area contributed by atoms with Crippen molar-refractivity contribution >= 4 is 28.4 Å². The van der Waals surface area contributed by atoms with Gasteiger partial charge in [0.25, 0.3) is 0 Å². The Kier molecular flexibility index (Phi) is 8.16. The van der Waals surface area contributed by atoms with Crippen molar-refractivity contribution in [2.24, 2.45) is 0 Å². The van der Waals surface area contributed by atoms with E-state index in [2.05, 4.69) is 192 Å². The fourth-order valence-corrected chi connectivity index (χ4v) is 7.14. The summed E-state index contributed by atoms with van der Waals surface area (Å²) < 4.78 is 0. The van der Waals surface area contributed by atoms with Crippen LogP contribution in [0.25, 0.3) is 11.1 Å². The average Bonchev–Trinajstić information content (AvgIpc) is 3.43. The van der Waals surface area contributed by atoms with Crippen molar-refractivity contribution < 1.29 is 0 Å². The predicted molar refractivity (Wildman–Crippen MR) is 207 cm³/mol. The van der Waals surface area contributed by atoms with Crippen molar-refractivity contribution in [3.63, 3.8) is 0 Å². The van der Waals surface area contributed by atoms with Crippen LogP contribution in [0.15, 0.2) is 133 Å². The van der Waals surface area contributed by atoms with Crippen LogP contribution < -0.4 is 9.80 Å². The van der Waals surface area contributed by atoms with Gasteiger partial charge in [0.1, 0.15) is 0 Å². The number of hydrogen-bond acceptors (Lipinski definition) is 2. The highest BCUT2D eigenvalue weighted by atomic mass is 15.2. The van der Waals surface area contributed by atoms with Crippen LogP contribution in [0.2, 0.25) is 0 Å². The summed E-state index contributed by atoms with van der Waals surface area (Å²) in [6.45, 7) is 15.9. The van der Waals surface area contributed by atoms with Gasteiger partial charge in [0.05, 0.1) is 6.04 Å². The van der Waals surface area contributed by atoms with E-state index in [0.717, 1.165) is 12.8 Å². The number of hydrogen-bond donors (Lipinski definition) is 0. The number of allylic oxidation sites excluding steroid dienone is 2. The molecular formula is C46H48N2. The highest BCUT2D eigenvalue weighted by Gasteiger charge is 2.26. The first-order valence-electron chi connectivity index (χ1n) is 17.4. The maximum Gasteiger partial charge on any atom is 0.0559 e. The van der Waals surface area contributed by atoms with Crippen LogP contribution in [0.5, 0.6) is 0 Å². The molecule has 0 saturated heterocycles. The summed E-state index contributed by atoms with van der Waals surface area (Å²) in [5.41, 5.74) is 15.6. The molecule has 48 heavy (non-hydrogen) atoms. The smallest absolute Gasteiger partial charge is 0.0559 e. The van der Waals surface area contributed by atoms with E-state index in [1.165, 1.54) is 67.4 Å². The third-order valence-electron chi connectivity index (χ3n) is 9.93. The Morgan fingerprint density at radius 2 is 1.06 bits per heavy atom. The first-order valence-corrected chi connectivity index (χ1v) is 17.4. The molecule has 0 aliphatic heterocycles. The van der Waals surface area contributed by atoms with Crippen molar-refractivity contribution in [3.05, 3.63) is 161 Å². The molecule has 1 unspecified atom stereocenters. The highest BCUT2D eigenvalue weighted by Crippen LogP contribution is 2.45. The van der Waals surface area contributed by atoms with Crippen LogP contribution in [0.3, 0.4) is 0 Å². The van der Waals surface area contributed by atoms with Crippen molar-refractivity contribution in [2.45, 2.75) is 78.2 Å². The van der Waals surface area contributed by atoms with Gasteiger partial charge in [-0.05, 0) is 125 Å². The summed E-state index contributed by atoms with van der Waals surface area (Å²) in [5, 5.41) is 0. The molecule has 2 nitrogen and oxygen atoms in total. The molecule has 2 aliphatic carbocycles. The Bertz CT molecular complexity index is 2010. The van der Waals surface area contributed by atoms with Crippen molar-refractivity contribution in [1.82, 2.24) is 0 Å². The van der Waals surface area contributed by atoms with Gasteiger partial charge in [-0.1, -0.05) is 120 Å². The van der Waals surface area contributed by atoms with Gasteiger partial charge in [-0.2, -0.15) is 0 Å². The Balaban J connectivity index is 1.27. The molecule has 1 atom stereocenters. The highest BCUT2D eigenvalue weighted by molar-refractivity contribution is 5.85. The van der Waals surface area contributed by atoms with Gasteiger partial charge >= 0.3 is 0 Å². The lowest BCUT2D eigenvalue weighted by atomic mass is 9.86. The van der Waals surface area contributed by atoms with Crippen molar-refractivity contribution in [3.8, 4) is 11.1 Å². The van der Waals surface area contributed by atoms with Crippen molar-refractivity contribution in [1.29, 1.82) is 0 Å². The summed E-state index contributed by atoms with van der Waals surface area (Å²) in [7, 11) is 0. The molecule has 2 heteroatoms. The van der Waals surface area contributed by atoms with Crippen LogP contribution in [-0.4, -0.2) is 6.04 Å². The molecule has 5 aromatic rings. The molecule has 2 aliphatic rings. The second-order valence-electron chi connectivity index (χ2n) is 15.6. The van der Waals surface area contributed by atoms with E-state index in [-0.39, 0.29) is 16.9 Å². The lowest BCUT2D eigenvalue weighted by Crippen LogP contribution is -2.30. The lowest BCUT2D eigenvalue weighted by Gasteiger charge is -2.34. The topological polar surface area (TPSA) is 6.48 Å². The van der Waals surface area contributed by atoms with Gasteiger partial charge in [-0.3, -0.25) is 0 Å². The van der Waals surface area contributed by atoms with Gasteiger partial charge in [0.15, 0.2) is 0 Å². The van der Waals surface area contributed by atoms with E-state index in [1.807, 2.05) is 0 Å². The number of nitrogens with zero attached hydrogens (tertiary/aromatic N) is 2. The largest absolute Gasteiger partial charge is 0.334 e. The first kappa shape index (κ1) is 31.8. The summed E-state index contributed by atoms with van der Waals surface area (Å²) in [5.74, 6) is 0. The van der Waals surface area contributed by atoms with E-state index in [0.29, 0.717) is 0 Å². The molecule has 0 spiro atoms. The fraction of sp³-hybridized carbons (Fsp3) is 0.261. The predicted octanol–water partition coefficient (Wildman–Crippen LogP) is 12.7. The van der Waals surface area contributed by atoms with E-state index < -0.39 is 0 Å². The Morgan fingerprint density at radius 3 is 1.67 bits per heavy atom. The van der Waals surface area contributed by atoms with Crippen LogP contribution in [0.1, 0.15) is 75.8 Å². The van der Waals surface area contributed by atoms with E-state index in [1.54, 1.807) is 0 Å². The molecule has 0 radical (unpaired) electrons. The van der Waals surface area contributed by atoms with E-state index in [4.69, 9.17) is 0 Å². The SMILES string of the molecule is Cc1ccc(N(c2cccc(C(C)(C)C)c2)c2ccc3c(c2)Cc2cc(N(c4cccc(C(C)(C)C)c4)C4C=CC=CC4)ccc2-3)cc1. The Labute approximate surface area is 288 Å². The second-order valence-corrected chi connectivity index (χ2v) is 15.6. The van der Waals surface area contributed by atoms with Crippen LogP contribution in [0, 0.1) is 6.92 Å². The third-order valence-corrected chi connectivity index (χ3v) is 9.93. The monoisotopic (exact) mass is 628 g/mol. The van der Waals surface area contributed by atoms with Gasteiger partial charge in [0, 0.05) is 28.4 Å². The second kappa shape index (κ2) is 12.3. The molecular weight excluding hydrogens is 581 g/mol. The summed E-state index contributed by atoms with van der Waals surface area (Å²) >= 11 is 0. The van der Waals surface area contributed by atoms with Gasteiger partial charge in [-0.25, -0.2) is 0 Å². The molecule has 0 aromatic heterocycles. The summed E-state index contributed by atoms with van der Waals surface area (Å²) in [6, 6.07) is 41.5. The number of benzene rings is 5. The zero-order chi connectivity index (χ0) is 33.6. The minimum absolute atomic E-state index is 0.0674. The molecule has 5 aromatic carbocycles. The fourth-order valence-electron chi connectivity index (χ4n) is 7.14. The molecule has 0 amide bonds. The van der Waals surface area contributed by atoms with Crippen LogP contribution in [-0.2, 0) is 17.3 Å². The first-order chi connectivity index (χ1) is 23.0. The van der Waals surface area contributed by atoms with Gasteiger partial charge < -0.3 is 9.80 Å². The van der Waals surface area contributed by atoms with E-state index >= 15 is 0 Å².